The van der Waals surface area contributed by atoms with Crippen LogP contribution in [0.15, 0.2) is 29.3 Å². The SMILES string of the molecule is CN=C(NCc1ccc(CN2CCN(C)CC2)cc1)NC1CC1C. The molecule has 0 radical (unpaired) electrons. The second-order valence-electron chi connectivity index (χ2n) is 7.29. The summed E-state index contributed by atoms with van der Waals surface area (Å²) in [5.74, 6) is 1.68. The van der Waals surface area contributed by atoms with Gasteiger partial charge in [0, 0.05) is 52.4 Å². The molecule has 2 N–H and O–H groups in total. The van der Waals surface area contributed by atoms with Gasteiger partial charge >= 0.3 is 0 Å². The van der Waals surface area contributed by atoms with E-state index in [1.165, 1.54) is 43.7 Å². The number of benzene rings is 1. The highest BCUT2D eigenvalue weighted by Crippen LogP contribution is 2.28. The molecule has 1 aromatic carbocycles. The Bertz CT molecular complexity index is 545. The van der Waals surface area contributed by atoms with Crippen LogP contribution in [0.4, 0.5) is 0 Å². The van der Waals surface area contributed by atoms with Gasteiger partial charge in [-0.15, -0.1) is 0 Å². The third-order valence-corrected chi connectivity index (χ3v) is 5.14. The van der Waals surface area contributed by atoms with Crippen molar-refractivity contribution in [3.05, 3.63) is 35.4 Å². The summed E-state index contributed by atoms with van der Waals surface area (Å²) < 4.78 is 0. The number of likely N-dealkylation sites (N-methyl/N-ethyl adjacent to an activating group) is 1. The van der Waals surface area contributed by atoms with Crippen LogP contribution >= 0.6 is 0 Å². The number of aliphatic imine (C=N–C) groups is 1. The van der Waals surface area contributed by atoms with Crippen molar-refractivity contribution >= 4 is 5.96 Å². The molecule has 24 heavy (non-hydrogen) atoms. The van der Waals surface area contributed by atoms with Gasteiger partial charge in [0.2, 0.25) is 0 Å². The van der Waals surface area contributed by atoms with Crippen molar-refractivity contribution in [1.29, 1.82) is 0 Å². The number of nitrogens with one attached hydrogen (secondary N) is 2. The lowest BCUT2D eigenvalue weighted by Gasteiger charge is -2.32. The zero-order chi connectivity index (χ0) is 16.9. The monoisotopic (exact) mass is 329 g/mol. The molecule has 5 nitrogen and oxygen atoms in total. The fraction of sp³-hybridized carbons (Fsp3) is 0.632. The van der Waals surface area contributed by atoms with E-state index >= 15 is 0 Å². The summed E-state index contributed by atoms with van der Waals surface area (Å²) in [6.45, 7) is 8.83. The van der Waals surface area contributed by atoms with Crippen LogP contribution in [0.5, 0.6) is 0 Å². The Hall–Kier alpha value is -1.59. The van der Waals surface area contributed by atoms with Gasteiger partial charge in [0.25, 0.3) is 0 Å². The number of piperazine rings is 1. The number of hydrogen-bond donors (Lipinski definition) is 2. The molecule has 2 unspecified atom stereocenters. The molecule has 0 bridgehead atoms. The Morgan fingerprint density at radius 1 is 1.12 bits per heavy atom. The van der Waals surface area contributed by atoms with Crippen LogP contribution in [-0.4, -0.2) is 62.1 Å². The predicted molar refractivity (Wildman–Crippen MR) is 100 cm³/mol. The first kappa shape index (κ1) is 17.2. The van der Waals surface area contributed by atoms with E-state index in [1.807, 2.05) is 7.05 Å². The predicted octanol–water partition coefficient (Wildman–Crippen LogP) is 1.51. The fourth-order valence-corrected chi connectivity index (χ4v) is 3.11. The van der Waals surface area contributed by atoms with E-state index < -0.39 is 0 Å². The maximum Gasteiger partial charge on any atom is 0.191 e. The third-order valence-electron chi connectivity index (χ3n) is 5.14. The normalized spacial score (nSPS) is 25.5. The smallest absolute Gasteiger partial charge is 0.191 e. The van der Waals surface area contributed by atoms with Crippen LogP contribution < -0.4 is 10.6 Å². The molecule has 132 valence electrons. The van der Waals surface area contributed by atoms with Crippen molar-refractivity contribution in [1.82, 2.24) is 20.4 Å². The Labute approximate surface area is 146 Å². The van der Waals surface area contributed by atoms with Crippen molar-refractivity contribution < 1.29 is 0 Å². The summed E-state index contributed by atoms with van der Waals surface area (Å²) >= 11 is 0. The van der Waals surface area contributed by atoms with Crippen LogP contribution in [0.3, 0.4) is 0 Å². The van der Waals surface area contributed by atoms with Gasteiger partial charge in [-0.25, -0.2) is 0 Å². The average Bonchev–Trinajstić information content (AvgIpc) is 3.30. The highest BCUT2D eigenvalue weighted by Gasteiger charge is 2.33. The van der Waals surface area contributed by atoms with E-state index in [2.05, 4.69) is 63.7 Å². The lowest BCUT2D eigenvalue weighted by molar-refractivity contribution is 0.148. The highest BCUT2D eigenvalue weighted by atomic mass is 15.2. The van der Waals surface area contributed by atoms with E-state index in [1.54, 1.807) is 0 Å². The molecule has 5 heteroatoms. The van der Waals surface area contributed by atoms with E-state index in [0.717, 1.165) is 25.0 Å². The first-order chi connectivity index (χ1) is 11.6. The fourth-order valence-electron chi connectivity index (χ4n) is 3.11. The Balaban J connectivity index is 1.44. The third kappa shape index (κ3) is 4.95. The van der Waals surface area contributed by atoms with Crippen LogP contribution in [0.2, 0.25) is 0 Å². The van der Waals surface area contributed by atoms with E-state index in [0.29, 0.717) is 6.04 Å². The maximum atomic E-state index is 4.30. The minimum Gasteiger partial charge on any atom is -0.353 e. The van der Waals surface area contributed by atoms with Gasteiger partial charge in [-0.2, -0.15) is 0 Å². The van der Waals surface area contributed by atoms with Crippen LogP contribution in [0.1, 0.15) is 24.5 Å². The van der Waals surface area contributed by atoms with Gasteiger partial charge < -0.3 is 15.5 Å². The second-order valence-corrected chi connectivity index (χ2v) is 7.29. The zero-order valence-corrected chi connectivity index (χ0v) is 15.3. The lowest BCUT2D eigenvalue weighted by atomic mass is 10.1. The topological polar surface area (TPSA) is 42.9 Å². The van der Waals surface area contributed by atoms with Gasteiger partial charge in [-0.3, -0.25) is 9.89 Å². The number of nitrogens with zero attached hydrogens (tertiary/aromatic N) is 3. The van der Waals surface area contributed by atoms with Crippen molar-refractivity contribution in [2.24, 2.45) is 10.9 Å². The summed E-state index contributed by atoms with van der Waals surface area (Å²) in [6.07, 6.45) is 1.25. The number of hydrogen-bond acceptors (Lipinski definition) is 3. The van der Waals surface area contributed by atoms with Crippen molar-refractivity contribution in [2.75, 3.05) is 40.3 Å². The molecule has 0 spiro atoms. The quantitative estimate of drug-likeness (QED) is 0.635. The van der Waals surface area contributed by atoms with Gasteiger partial charge in [0.15, 0.2) is 5.96 Å². The molecule has 2 fully saturated rings. The molecular weight excluding hydrogens is 298 g/mol. The first-order valence-electron chi connectivity index (χ1n) is 9.10. The molecule has 2 aliphatic rings. The van der Waals surface area contributed by atoms with Crippen LogP contribution in [0.25, 0.3) is 0 Å². The second kappa shape index (κ2) is 7.99. The first-order valence-corrected chi connectivity index (χ1v) is 9.10. The molecule has 3 rings (SSSR count). The Morgan fingerprint density at radius 2 is 1.75 bits per heavy atom. The molecule has 1 heterocycles. The molecule has 1 saturated heterocycles. The van der Waals surface area contributed by atoms with Gasteiger partial charge in [0.05, 0.1) is 0 Å². The van der Waals surface area contributed by atoms with Gasteiger partial charge in [0.1, 0.15) is 0 Å². The van der Waals surface area contributed by atoms with Crippen molar-refractivity contribution in [3.8, 4) is 0 Å². The lowest BCUT2D eigenvalue weighted by Crippen LogP contribution is -2.43. The number of guanidine groups is 1. The van der Waals surface area contributed by atoms with Crippen LogP contribution in [-0.2, 0) is 13.1 Å². The van der Waals surface area contributed by atoms with Gasteiger partial charge in [-0.05, 0) is 30.5 Å². The molecule has 0 aromatic heterocycles. The summed E-state index contributed by atoms with van der Waals surface area (Å²) in [6, 6.07) is 9.57. The molecule has 1 aliphatic heterocycles. The van der Waals surface area contributed by atoms with Crippen molar-refractivity contribution in [2.45, 2.75) is 32.5 Å². The molecule has 1 saturated carbocycles. The number of rotatable bonds is 5. The summed E-state index contributed by atoms with van der Waals surface area (Å²) in [7, 11) is 4.03. The summed E-state index contributed by atoms with van der Waals surface area (Å²) in [4.78, 5) is 9.24. The van der Waals surface area contributed by atoms with Gasteiger partial charge in [-0.1, -0.05) is 31.2 Å². The molecule has 2 atom stereocenters. The Kier molecular flexibility index (Phi) is 5.74. The molecule has 1 aliphatic carbocycles. The summed E-state index contributed by atoms with van der Waals surface area (Å²) in [5, 5.41) is 6.86. The van der Waals surface area contributed by atoms with Crippen molar-refractivity contribution in [3.63, 3.8) is 0 Å². The molecule has 0 amide bonds. The average molecular weight is 329 g/mol. The van der Waals surface area contributed by atoms with E-state index in [9.17, 15) is 0 Å². The van der Waals surface area contributed by atoms with Crippen LogP contribution in [0, 0.1) is 5.92 Å². The molecule has 1 aromatic rings. The van der Waals surface area contributed by atoms with E-state index in [-0.39, 0.29) is 0 Å². The maximum absolute atomic E-state index is 4.30. The summed E-state index contributed by atoms with van der Waals surface area (Å²) in [5.41, 5.74) is 2.70. The standard InChI is InChI=1S/C19H31N5/c1-15-12-18(15)22-19(20-2)21-13-16-4-6-17(7-5-16)14-24-10-8-23(3)9-11-24/h4-7,15,18H,8-14H2,1-3H3,(H2,20,21,22). The largest absolute Gasteiger partial charge is 0.353 e. The minimum absolute atomic E-state index is 0.599. The highest BCUT2D eigenvalue weighted by molar-refractivity contribution is 5.80. The van der Waals surface area contributed by atoms with E-state index in [4.69, 9.17) is 0 Å². The zero-order valence-electron chi connectivity index (χ0n) is 15.3. The Morgan fingerprint density at radius 3 is 2.33 bits per heavy atom. The molecular formula is C19H31N5. The minimum atomic E-state index is 0.599.